The first-order valence-electron chi connectivity index (χ1n) is 28.0. The van der Waals surface area contributed by atoms with Gasteiger partial charge in [-0.15, -0.1) is 11.3 Å². The lowest BCUT2D eigenvalue weighted by Gasteiger charge is -2.42. The first kappa shape index (κ1) is 61.4. The minimum Gasteiger partial charge on any atom is -0.491 e. The van der Waals surface area contributed by atoms with Crippen LogP contribution < -0.4 is 26.0 Å². The molecule has 5 N–H and O–H groups in total. The lowest BCUT2D eigenvalue weighted by molar-refractivity contribution is -0.144. The molecule has 3 fully saturated rings. The Morgan fingerprint density at radius 2 is 1.65 bits per heavy atom. The number of ether oxygens (including phenoxy) is 3. The second kappa shape index (κ2) is 29.0. The Bertz CT molecular complexity index is 3020. The summed E-state index contributed by atoms with van der Waals surface area (Å²) in [5, 5.41) is 23.0. The molecule has 20 nitrogen and oxygen atoms in total. The molecule has 0 unspecified atom stereocenters. The van der Waals surface area contributed by atoms with Crippen molar-refractivity contribution in [1.29, 1.82) is 0 Å². The van der Waals surface area contributed by atoms with Crippen LogP contribution in [0.15, 0.2) is 79.1 Å². The highest BCUT2D eigenvalue weighted by molar-refractivity contribution is 7.13. The number of aromatic nitrogens is 3. The molecular weight excluding hydrogens is 1090 g/mol. The molecule has 0 radical (unpaired) electrons. The van der Waals surface area contributed by atoms with E-state index in [9.17, 15) is 33.5 Å². The second-order valence-corrected chi connectivity index (χ2v) is 23.2. The summed E-state index contributed by atoms with van der Waals surface area (Å²) >= 11 is 7.56. The normalized spacial score (nSPS) is 17.6. The highest BCUT2D eigenvalue weighted by Gasteiger charge is 2.44. The van der Waals surface area contributed by atoms with Crippen LogP contribution in [0.3, 0.4) is 0 Å². The van der Waals surface area contributed by atoms with Gasteiger partial charge in [0.2, 0.25) is 29.5 Å². The van der Waals surface area contributed by atoms with E-state index in [2.05, 4.69) is 52.6 Å². The number of piperazine rings is 1. The predicted molar refractivity (Wildman–Crippen MR) is 313 cm³/mol. The van der Waals surface area contributed by atoms with Crippen LogP contribution in [0.4, 0.5) is 21.6 Å². The third kappa shape index (κ3) is 16.8. The average molecular weight is 1170 g/mol. The maximum absolute atomic E-state index is 14.0. The van der Waals surface area contributed by atoms with Gasteiger partial charge in [0.15, 0.2) is 0 Å². The molecule has 8 rings (SSSR count). The van der Waals surface area contributed by atoms with Crippen LogP contribution in [0.25, 0.3) is 21.3 Å². The molecule has 0 bridgehead atoms. The van der Waals surface area contributed by atoms with E-state index in [0.717, 1.165) is 73.7 Å². The Kier molecular flexibility index (Phi) is 21.7. The predicted octanol–water partition coefficient (Wildman–Crippen LogP) is 6.72. The number of halogens is 2. The van der Waals surface area contributed by atoms with Crippen LogP contribution in [0.1, 0.15) is 70.6 Å². The smallest absolute Gasteiger partial charge is 0.247 e. The van der Waals surface area contributed by atoms with Crippen LogP contribution >= 0.6 is 22.9 Å². The van der Waals surface area contributed by atoms with Crippen molar-refractivity contribution in [2.75, 3.05) is 96.0 Å². The lowest BCUT2D eigenvalue weighted by Crippen LogP contribution is -2.57. The minimum absolute atomic E-state index is 0.000323. The molecule has 2 aromatic heterocycles. The zero-order chi connectivity index (χ0) is 58.3. The molecule has 0 saturated carbocycles. The number of aryl methyl sites for hydroxylation is 1. The number of hydrogen-bond donors (Lipinski definition) is 5. The van der Waals surface area contributed by atoms with Gasteiger partial charge in [0.1, 0.15) is 35.8 Å². The summed E-state index contributed by atoms with van der Waals surface area (Å²) in [6, 6.07) is 14.2. The van der Waals surface area contributed by atoms with Gasteiger partial charge in [-0.05, 0) is 86.2 Å². The standard InChI is InChI=1S/C59H75ClFN11O9S/c1-6-51(74)67-48-32-44-47(63-36-64-56(44)66-41-12-13-46(61)45(60)30-41)33-50(48)81-25-7-18-69-19-14-42(15-20-69)70-21-23-71(24-22-70)53(76)17-27-80-29-28-79-26-16-52(75)68-55(59(3,4)5)58(78)72-35-43(73)31-49(72)57(77)62-34-39-8-10-40(11-9-39)54-38(2)65-37-82-54/h6,8-13,30,32-33,36-37,42-43,49,55,73H,1,7,14-29,31,34-35H2,2-5H3,(H,62,77)(H,67,74)(H,68,75)(H,63,64,66)/t43-,49+,55+/m1/s1. The van der Waals surface area contributed by atoms with E-state index >= 15 is 0 Å². The Morgan fingerprint density at radius 1 is 0.915 bits per heavy atom. The number of hydrogen-bond acceptors (Lipinski definition) is 16. The fraction of sp³-hybridized carbons (Fsp3) is 0.492. The fourth-order valence-electron chi connectivity index (χ4n) is 10.4. The number of fused-ring (bicyclic) bond motifs is 1. The number of amides is 5. The number of thiazole rings is 1. The number of piperidine rings is 1. The maximum Gasteiger partial charge on any atom is 0.247 e. The van der Waals surface area contributed by atoms with Crippen molar-refractivity contribution in [2.24, 2.45) is 5.41 Å². The number of nitrogens with one attached hydrogen (secondary N) is 4. The summed E-state index contributed by atoms with van der Waals surface area (Å²) in [6.07, 6.45) is 4.91. The zero-order valence-corrected chi connectivity index (χ0v) is 48.7. The number of anilines is 3. The van der Waals surface area contributed by atoms with Gasteiger partial charge in [0.25, 0.3) is 0 Å². The highest BCUT2D eigenvalue weighted by Crippen LogP contribution is 2.35. The van der Waals surface area contributed by atoms with Crippen LogP contribution in [-0.4, -0.2) is 179 Å². The highest BCUT2D eigenvalue weighted by atomic mass is 35.5. The van der Waals surface area contributed by atoms with Gasteiger partial charge in [0.05, 0.1) is 77.9 Å². The summed E-state index contributed by atoms with van der Waals surface area (Å²) in [5.41, 5.74) is 5.55. The van der Waals surface area contributed by atoms with E-state index in [4.69, 9.17) is 25.8 Å². The van der Waals surface area contributed by atoms with Gasteiger partial charge in [0, 0.05) is 81.8 Å². The van der Waals surface area contributed by atoms with Crippen molar-refractivity contribution in [1.82, 2.24) is 45.2 Å². The molecule has 5 amide bonds. The molecule has 3 aromatic carbocycles. The first-order valence-corrected chi connectivity index (χ1v) is 29.2. The zero-order valence-electron chi connectivity index (χ0n) is 47.1. The van der Waals surface area contributed by atoms with Crippen molar-refractivity contribution in [3.63, 3.8) is 0 Å². The number of aliphatic hydroxyl groups is 1. The first-order chi connectivity index (χ1) is 39.4. The van der Waals surface area contributed by atoms with Crippen LogP contribution in [0.2, 0.25) is 5.02 Å². The molecule has 0 aliphatic carbocycles. The fourth-order valence-corrected chi connectivity index (χ4v) is 11.4. The van der Waals surface area contributed by atoms with Gasteiger partial charge < -0.3 is 55.3 Å². The number of nitrogens with zero attached hydrogens (tertiary/aromatic N) is 7. The molecule has 23 heteroatoms. The van der Waals surface area contributed by atoms with Gasteiger partial charge in [-0.3, -0.25) is 28.9 Å². The van der Waals surface area contributed by atoms with Crippen molar-refractivity contribution in [2.45, 2.75) is 97.0 Å². The Balaban J connectivity index is 0.674. The van der Waals surface area contributed by atoms with Crippen LogP contribution in [-0.2, 0) is 40.0 Å². The molecule has 5 aromatic rings. The van der Waals surface area contributed by atoms with E-state index in [1.165, 1.54) is 29.4 Å². The molecule has 82 heavy (non-hydrogen) atoms. The van der Waals surface area contributed by atoms with Crippen molar-refractivity contribution in [3.05, 3.63) is 101 Å². The Hall–Kier alpha value is -6.66. The number of rotatable bonds is 25. The molecule has 3 saturated heterocycles. The lowest BCUT2D eigenvalue weighted by atomic mass is 9.85. The monoisotopic (exact) mass is 1170 g/mol. The molecule has 3 aliphatic rings. The van der Waals surface area contributed by atoms with Crippen molar-refractivity contribution in [3.8, 4) is 16.2 Å². The average Bonchev–Trinajstić information content (AvgIpc) is 4.14. The summed E-state index contributed by atoms with van der Waals surface area (Å²) in [5.74, 6) is -1.17. The summed E-state index contributed by atoms with van der Waals surface area (Å²) < 4.78 is 31.4. The quantitative estimate of drug-likeness (QED) is 0.0302. The van der Waals surface area contributed by atoms with Crippen LogP contribution in [0.5, 0.6) is 5.75 Å². The molecule has 440 valence electrons. The van der Waals surface area contributed by atoms with Gasteiger partial charge in [-0.25, -0.2) is 19.3 Å². The van der Waals surface area contributed by atoms with Gasteiger partial charge in [-0.1, -0.05) is 63.2 Å². The number of carbonyl (C=O) groups excluding carboxylic acids is 5. The SMILES string of the molecule is C=CC(=O)Nc1cc2c(Nc3ccc(F)c(Cl)c3)ncnc2cc1OCCCN1CCC(N2CCN(C(=O)CCOCCOCCC(=O)N[C@@H](C(=O)N3C[C@H](O)C[C@H]3C(=O)NCc3ccc(-c4scnc4C)cc3)C(C)(C)C)CC2)CC1. The topological polar surface area (TPSA) is 233 Å². The van der Waals surface area contributed by atoms with Crippen LogP contribution in [0, 0.1) is 18.2 Å². The summed E-state index contributed by atoms with van der Waals surface area (Å²) in [7, 11) is 0. The molecule has 3 atom stereocenters. The molecule has 5 heterocycles. The van der Waals surface area contributed by atoms with Crippen molar-refractivity contribution < 1.29 is 47.7 Å². The van der Waals surface area contributed by atoms with Gasteiger partial charge in [-0.2, -0.15) is 0 Å². The maximum atomic E-state index is 14.0. The number of likely N-dealkylation sites (tertiary alicyclic amines) is 2. The van der Waals surface area contributed by atoms with E-state index in [0.29, 0.717) is 59.6 Å². The second-order valence-electron chi connectivity index (χ2n) is 21.9. The number of benzene rings is 3. The van der Waals surface area contributed by atoms with E-state index in [-0.39, 0.29) is 81.5 Å². The number of β-amino-alcohol motifs (C(OH)–C–C–N with tert-alkyl or cyclic N) is 1. The van der Waals surface area contributed by atoms with E-state index in [1.54, 1.807) is 29.5 Å². The Morgan fingerprint density at radius 3 is 2.33 bits per heavy atom. The molecule has 0 spiro atoms. The summed E-state index contributed by atoms with van der Waals surface area (Å²) in [6.45, 7) is 18.3. The van der Waals surface area contributed by atoms with E-state index < -0.39 is 41.2 Å². The minimum atomic E-state index is -0.951. The van der Waals surface area contributed by atoms with Crippen molar-refractivity contribution >= 4 is 80.6 Å². The number of carbonyl (C=O) groups is 5. The third-order valence-electron chi connectivity index (χ3n) is 15.0. The summed E-state index contributed by atoms with van der Waals surface area (Å²) in [4.78, 5) is 88.6. The Labute approximate surface area is 487 Å². The van der Waals surface area contributed by atoms with Gasteiger partial charge >= 0.3 is 0 Å². The molecular formula is C59H75ClFN11O9S. The van der Waals surface area contributed by atoms with E-state index in [1.807, 2.05) is 62.4 Å². The number of aliphatic hydroxyl groups excluding tert-OH is 1. The largest absolute Gasteiger partial charge is 0.491 e. The molecule has 3 aliphatic heterocycles. The third-order valence-corrected chi connectivity index (χ3v) is 16.3.